The van der Waals surface area contributed by atoms with E-state index in [1.165, 1.54) is 0 Å². The Morgan fingerprint density at radius 3 is 2.75 bits per heavy atom. The fraction of sp³-hybridized carbons (Fsp3) is 0.600. The first-order valence-electron chi connectivity index (χ1n) is 7.24. The minimum Gasteiger partial charge on any atom is -0.339 e. The van der Waals surface area contributed by atoms with Crippen LogP contribution >= 0.6 is 0 Å². The molecule has 0 atom stereocenters. The molecule has 5 nitrogen and oxygen atoms in total. The van der Waals surface area contributed by atoms with Crippen molar-refractivity contribution in [1.29, 1.82) is 0 Å². The predicted molar refractivity (Wildman–Crippen MR) is 83.1 cm³/mol. The van der Waals surface area contributed by atoms with Crippen molar-refractivity contribution in [3.63, 3.8) is 0 Å². The quantitative estimate of drug-likeness (QED) is 0.878. The van der Waals surface area contributed by atoms with Crippen LogP contribution in [0.25, 0.3) is 5.65 Å². The van der Waals surface area contributed by atoms with Crippen molar-refractivity contribution < 1.29 is 0 Å². The largest absolute Gasteiger partial charge is 0.339 e. The SMILES string of the molecule is CCCN(CC(C)(C)CN)c1nc2c(C)cccn2n1. The molecule has 2 aromatic rings. The Morgan fingerprint density at radius 1 is 1.40 bits per heavy atom. The molecule has 110 valence electrons. The number of pyridine rings is 1. The van der Waals surface area contributed by atoms with Crippen molar-refractivity contribution in [2.45, 2.75) is 34.1 Å². The lowest BCUT2D eigenvalue weighted by Crippen LogP contribution is -2.39. The third-order valence-corrected chi connectivity index (χ3v) is 3.49. The topological polar surface area (TPSA) is 59.5 Å². The molecule has 0 radical (unpaired) electrons. The zero-order valence-electron chi connectivity index (χ0n) is 12.9. The number of anilines is 1. The molecule has 0 aliphatic heterocycles. The van der Waals surface area contributed by atoms with Gasteiger partial charge in [-0.2, -0.15) is 4.98 Å². The zero-order chi connectivity index (χ0) is 14.8. The van der Waals surface area contributed by atoms with Gasteiger partial charge >= 0.3 is 0 Å². The van der Waals surface area contributed by atoms with Crippen molar-refractivity contribution in [2.24, 2.45) is 11.1 Å². The molecule has 0 unspecified atom stereocenters. The number of aryl methyl sites for hydroxylation is 1. The molecule has 20 heavy (non-hydrogen) atoms. The normalized spacial score (nSPS) is 12.1. The highest BCUT2D eigenvalue weighted by Gasteiger charge is 2.22. The van der Waals surface area contributed by atoms with Gasteiger partial charge in [0.25, 0.3) is 0 Å². The number of hydrogen-bond acceptors (Lipinski definition) is 4. The van der Waals surface area contributed by atoms with E-state index in [1.807, 2.05) is 16.8 Å². The number of fused-ring (bicyclic) bond motifs is 1. The average molecular weight is 275 g/mol. The van der Waals surface area contributed by atoms with Gasteiger partial charge in [0.2, 0.25) is 5.95 Å². The molecule has 0 saturated heterocycles. The van der Waals surface area contributed by atoms with Gasteiger partial charge < -0.3 is 10.6 Å². The maximum absolute atomic E-state index is 5.86. The molecule has 0 aliphatic carbocycles. The highest BCUT2D eigenvalue weighted by atomic mass is 15.4. The Labute approximate surface area is 120 Å². The first-order valence-corrected chi connectivity index (χ1v) is 7.24. The summed E-state index contributed by atoms with van der Waals surface area (Å²) in [6.45, 7) is 11.0. The van der Waals surface area contributed by atoms with Crippen LogP contribution in [0.1, 0.15) is 32.8 Å². The molecular weight excluding hydrogens is 250 g/mol. The van der Waals surface area contributed by atoms with Gasteiger partial charge in [-0.1, -0.05) is 26.8 Å². The summed E-state index contributed by atoms with van der Waals surface area (Å²) in [5.74, 6) is 0.794. The van der Waals surface area contributed by atoms with Crippen LogP contribution in [-0.4, -0.2) is 34.2 Å². The summed E-state index contributed by atoms with van der Waals surface area (Å²) in [5, 5.41) is 4.60. The molecule has 2 heterocycles. The fourth-order valence-corrected chi connectivity index (χ4v) is 2.26. The zero-order valence-corrected chi connectivity index (χ0v) is 12.9. The van der Waals surface area contributed by atoms with Gasteiger partial charge in [-0.25, -0.2) is 4.52 Å². The molecule has 0 amide bonds. The van der Waals surface area contributed by atoms with Crippen LogP contribution in [0, 0.1) is 12.3 Å². The summed E-state index contributed by atoms with van der Waals surface area (Å²) in [5.41, 5.74) is 7.98. The van der Waals surface area contributed by atoms with E-state index in [4.69, 9.17) is 5.73 Å². The van der Waals surface area contributed by atoms with Gasteiger partial charge in [-0.15, -0.1) is 5.10 Å². The minimum absolute atomic E-state index is 0.0572. The third kappa shape index (κ3) is 3.10. The number of rotatable bonds is 6. The Morgan fingerprint density at radius 2 is 2.15 bits per heavy atom. The van der Waals surface area contributed by atoms with Crippen LogP contribution < -0.4 is 10.6 Å². The Balaban J connectivity index is 2.34. The minimum atomic E-state index is 0.0572. The molecule has 2 aromatic heterocycles. The van der Waals surface area contributed by atoms with E-state index in [0.29, 0.717) is 6.54 Å². The van der Waals surface area contributed by atoms with Crippen LogP contribution in [0.4, 0.5) is 5.95 Å². The van der Waals surface area contributed by atoms with Crippen molar-refractivity contribution in [3.8, 4) is 0 Å². The van der Waals surface area contributed by atoms with Gasteiger partial charge in [0.15, 0.2) is 5.65 Å². The number of aromatic nitrogens is 3. The third-order valence-electron chi connectivity index (χ3n) is 3.49. The fourth-order valence-electron chi connectivity index (χ4n) is 2.26. The predicted octanol–water partition coefficient (Wildman–Crippen LogP) is 2.24. The Bertz CT molecular complexity index is 573. The molecule has 0 saturated carbocycles. The smallest absolute Gasteiger partial charge is 0.245 e. The lowest BCUT2D eigenvalue weighted by atomic mass is 9.93. The van der Waals surface area contributed by atoms with Gasteiger partial charge in [0, 0.05) is 19.3 Å². The average Bonchev–Trinajstić information content (AvgIpc) is 2.83. The van der Waals surface area contributed by atoms with Crippen LogP contribution in [0.3, 0.4) is 0 Å². The lowest BCUT2D eigenvalue weighted by Gasteiger charge is -2.30. The number of nitrogens with zero attached hydrogens (tertiary/aromatic N) is 4. The van der Waals surface area contributed by atoms with Crippen LogP contribution in [0.2, 0.25) is 0 Å². The summed E-state index contributed by atoms with van der Waals surface area (Å²) in [7, 11) is 0. The van der Waals surface area contributed by atoms with E-state index >= 15 is 0 Å². The van der Waals surface area contributed by atoms with E-state index in [1.54, 1.807) is 0 Å². The molecular formula is C15H25N5. The van der Waals surface area contributed by atoms with Crippen molar-refractivity contribution in [1.82, 2.24) is 14.6 Å². The second-order valence-corrected chi connectivity index (χ2v) is 6.16. The van der Waals surface area contributed by atoms with Gasteiger partial charge in [0.1, 0.15) is 0 Å². The maximum Gasteiger partial charge on any atom is 0.245 e. The molecule has 0 fully saturated rings. The summed E-state index contributed by atoms with van der Waals surface area (Å²) < 4.78 is 1.85. The van der Waals surface area contributed by atoms with Crippen LogP contribution in [0.5, 0.6) is 0 Å². The summed E-state index contributed by atoms with van der Waals surface area (Å²) >= 11 is 0. The monoisotopic (exact) mass is 275 g/mol. The Hall–Kier alpha value is -1.62. The first-order chi connectivity index (χ1) is 9.46. The van der Waals surface area contributed by atoms with Crippen LogP contribution in [-0.2, 0) is 0 Å². The second-order valence-electron chi connectivity index (χ2n) is 6.16. The molecule has 5 heteroatoms. The van der Waals surface area contributed by atoms with Crippen molar-refractivity contribution >= 4 is 11.6 Å². The van der Waals surface area contributed by atoms with E-state index in [0.717, 1.165) is 36.7 Å². The molecule has 0 spiro atoms. The van der Waals surface area contributed by atoms with E-state index < -0.39 is 0 Å². The number of nitrogens with two attached hydrogens (primary N) is 1. The van der Waals surface area contributed by atoms with Crippen molar-refractivity contribution in [3.05, 3.63) is 23.9 Å². The molecule has 0 aliphatic rings. The van der Waals surface area contributed by atoms with Gasteiger partial charge in [-0.3, -0.25) is 0 Å². The molecule has 2 N–H and O–H groups in total. The molecule has 2 rings (SSSR count). The first kappa shape index (κ1) is 14.8. The second kappa shape index (κ2) is 5.79. The van der Waals surface area contributed by atoms with E-state index in [-0.39, 0.29) is 5.41 Å². The summed E-state index contributed by atoms with van der Waals surface area (Å²) in [6, 6.07) is 4.05. The van der Waals surface area contributed by atoms with Gasteiger partial charge in [-0.05, 0) is 36.9 Å². The van der Waals surface area contributed by atoms with Gasteiger partial charge in [0.05, 0.1) is 0 Å². The Kier molecular flexibility index (Phi) is 4.28. The molecule has 0 aromatic carbocycles. The number of hydrogen-bond donors (Lipinski definition) is 1. The highest BCUT2D eigenvalue weighted by Crippen LogP contribution is 2.20. The van der Waals surface area contributed by atoms with Crippen molar-refractivity contribution in [2.75, 3.05) is 24.5 Å². The highest BCUT2D eigenvalue weighted by molar-refractivity contribution is 5.50. The summed E-state index contributed by atoms with van der Waals surface area (Å²) in [6.07, 6.45) is 3.01. The molecule has 0 bridgehead atoms. The maximum atomic E-state index is 5.86. The standard InChI is InChI=1S/C15H25N5/c1-5-8-19(11-15(3,4)10-16)14-17-13-12(2)7-6-9-20(13)18-14/h6-7,9H,5,8,10-11,16H2,1-4H3. The summed E-state index contributed by atoms with van der Waals surface area (Å²) in [4.78, 5) is 6.92. The van der Waals surface area contributed by atoms with E-state index in [9.17, 15) is 0 Å². The van der Waals surface area contributed by atoms with E-state index in [2.05, 4.69) is 48.7 Å². The lowest BCUT2D eigenvalue weighted by molar-refractivity contribution is 0.375. The van der Waals surface area contributed by atoms with Crippen LogP contribution in [0.15, 0.2) is 18.3 Å².